The molecule has 168 valence electrons. The number of hydrogen-bond donors (Lipinski definition) is 2. The van der Waals surface area contributed by atoms with Gasteiger partial charge in [-0.1, -0.05) is 23.4 Å². The summed E-state index contributed by atoms with van der Waals surface area (Å²) in [5.41, 5.74) is 9.48. The minimum Gasteiger partial charge on any atom is -0.489 e. The Bertz CT molecular complexity index is 1070. The number of aromatic nitrogens is 1. The van der Waals surface area contributed by atoms with Crippen LogP contribution in [0, 0.1) is 27.7 Å². The van der Waals surface area contributed by atoms with Crippen LogP contribution in [0.3, 0.4) is 0 Å². The number of nitrogens with one attached hydrogen (secondary N) is 2. The van der Waals surface area contributed by atoms with Crippen molar-refractivity contribution in [3.63, 3.8) is 0 Å². The first-order chi connectivity index (χ1) is 15.3. The molecule has 3 rings (SSSR count). The Morgan fingerprint density at radius 2 is 1.56 bits per heavy atom. The molecule has 8 heteroatoms. The molecule has 1 heterocycles. The van der Waals surface area contributed by atoms with Crippen LogP contribution >= 0.6 is 0 Å². The van der Waals surface area contributed by atoms with Gasteiger partial charge < -0.3 is 14.0 Å². The van der Waals surface area contributed by atoms with Gasteiger partial charge in [-0.05, 0) is 68.7 Å². The fourth-order valence-corrected chi connectivity index (χ4v) is 2.92. The number of carbonyl (C=O) groups excluding carboxylic acids is 2. The normalized spacial score (nSPS) is 10.5. The third-order valence-electron chi connectivity index (χ3n) is 5.04. The van der Waals surface area contributed by atoms with Crippen LogP contribution in [0.5, 0.6) is 11.5 Å². The first-order valence-corrected chi connectivity index (χ1v) is 10.2. The summed E-state index contributed by atoms with van der Waals surface area (Å²) in [6.07, 6.45) is 0.114. The average Bonchev–Trinajstić information content (AvgIpc) is 3.10. The fraction of sp³-hybridized carbons (Fsp3) is 0.292. The van der Waals surface area contributed by atoms with Crippen LogP contribution in [0.25, 0.3) is 0 Å². The third kappa shape index (κ3) is 6.34. The van der Waals surface area contributed by atoms with E-state index in [0.717, 1.165) is 33.7 Å². The van der Waals surface area contributed by atoms with E-state index in [2.05, 4.69) is 16.0 Å². The molecule has 1 aromatic heterocycles. The van der Waals surface area contributed by atoms with Crippen LogP contribution in [0.15, 0.2) is 47.0 Å². The summed E-state index contributed by atoms with van der Waals surface area (Å²) in [4.78, 5) is 24.0. The maximum Gasteiger partial charge on any atom is 0.276 e. The van der Waals surface area contributed by atoms with Crippen LogP contribution in [-0.4, -0.2) is 23.6 Å². The molecule has 0 radical (unpaired) electrons. The Labute approximate surface area is 186 Å². The molecule has 2 aromatic carbocycles. The molecule has 0 unspecified atom stereocenters. The molecule has 8 nitrogen and oxygen atoms in total. The Morgan fingerprint density at radius 1 is 0.875 bits per heavy atom. The highest BCUT2D eigenvalue weighted by molar-refractivity contribution is 5.83. The lowest BCUT2D eigenvalue weighted by Gasteiger charge is -2.10. The van der Waals surface area contributed by atoms with Gasteiger partial charge in [0.2, 0.25) is 5.91 Å². The number of nitrogens with zero attached hydrogens (tertiary/aromatic N) is 1. The van der Waals surface area contributed by atoms with Crippen molar-refractivity contribution >= 4 is 11.8 Å². The third-order valence-corrected chi connectivity index (χ3v) is 5.04. The second-order valence-corrected chi connectivity index (χ2v) is 7.54. The molecule has 0 aliphatic rings. The maximum absolute atomic E-state index is 12.1. The standard InChI is InChI=1S/C24H27N3O5/c1-15-5-8-21(11-16(15)2)31-14-24(29)26-25-23(28)12-19-6-9-20(10-7-19)30-13-22-17(3)27-32-18(22)4/h5-11H,12-14H2,1-4H3,(H,25,28)(H,26,29). The number of ether oxygens (including phenoxy) is 2. The second kappa shape index (κ2) is 10.5. The van der Waals surface area contributed by atoms with Gasteiger partial charge in [0.25, 0.3) is 5.91 Å². The summed E-state index contributed by atoms with van der Waals surface area (Å²) < 4.78 is 16.3. The monoisotopic (exact) mass is 437 g/mol. The topological polar surface area (TPSA) is 103 Å². The van der Waals surface area contributed by atoms with E-state index in [1.165, 1.54) is 0 Å². The molecular weight excluding hydrogens is 410 g/mol. The number of carbonyl (C=O) groups is 2. The lowest BCUT2D eigenvalue weighted by molar-refractivity contribution is -0.129. The number of rotatable bonds is 8. The van der Waals surface area contributed by atoms with Crippen molar-refractivity contribution in [1.82, 2.24) is 16.0 Å². The van der Waals surface area contributed by atoms with Crippen LogP contribution in [0.1, 0.15) is 33.7 Å². The Kier molecular flexibility index (Phi) is 7.49. The molecule has 32 heavy (non-hydrogen) atoms. The molecule has 2 N–H and O–H groups in total. The zero-order valence-corrected chi connectivity index (χ0v) is 18.7. The van der Waals surface area contributed by atoms with Crippen molar-refractivity contribution in [2.45, 2.75) is 40.7 Å². The number of hydrazine groups is 1. The van der Waals surface area contributed by atoms with Crippen molar-refractivity contribution < 1.29 is 23.6 Å². The maximum atomic E-state index is 12.1. The van der Waals surface area contributed by atoms with Crippen LogP contribution in [0.4, 0.5) is 0 Å². The zero-order valence-electron chi connectivity index (χ0n) is 18.7. The Hall–Kier alpha value is -3.81. The molecule has 2 amide bonds. The highest BCUT2D eigenvalue weighted by atomic mass is 16.5. The smallest absolute Gasteiger partial charge is 0.276 e. The van der Waals surface area contributed by atoms with Gasteiger partial charge in [-0.15, -0.1) is 0 Å². The van der Waals surface area contributed by atoms with Gasteiger partial charge in [-0.3, -0.25) is 20.4 Å². The molecule has 0 aliphatic heterocycles. The molecule has 3 aromatic rings. The molecule has 0 aliphatic carbocycles. The predicted octanol–water partition coefficient (Wildman–Crippen LogP) is 3.26. The summed E-state index contributed by atoms with van der Waals surface area (Å²) >= 11 is 0. The van der Waals surface area contributed by atoms with Crippen LogP contribution < -0.4 is 20.3 Å². The average molecular weight is 437 g/mol. The summed E-state index contributed by atoms with van der Waals surface area (Å²) in [6.45, 7) is 7.85. The van der Waals surface area contributed by atoms with E-state index in [0.29, 0.717) is 18.1 Å². The van der Waals surface area contributed by atoms with Crippen LogP contribution in [0.2, 0.25) is 0 Å². The van der Waals surface area contributed by atoms with E-state index in [4.69, 9.17) is 14.0 Å². The van der Waals surface area contributed by atoms with E-state index in [1.807, 2.05) is 39.8 Å². The van der Waals surface area contributed by atoms with Gasteiger partial charge in [0.05, 0.1) is 17.7 Å². The fourth-order valence-electron chi connectivity index (χ4n) is 2.92. The largest absolute Gasteiger partial charge is 0.489 e. The first kappa shape index (κ1) is 22.9. The summed E-state index contributed by atoms with van der Waals surface area (Å²) in [5.74, 6) is 1.22. The van der Waals surface area contributed by atoms with Crippen LogP contribution in [-0.2, 0) is 22.6 Å². The zero-order chi connectivity index (χ0) is 23.1. The Balaban J connectivity index is 1.39. The molecule has 0 spiro atoms. The van der Waals surface area contributed by atoms with E-state index < -0.39 is 5.91 Å². The Morgan fingerprint density at radius 3 is 2.22 bits per heavy atom. The number of benzene rings is 2. The van der Waals surface area contributed by atoms with Gasteiger partial charge in [0, 0.05) is 0 Å². The van der Waals surface area contributed by atoms with Crippen molar-refractivity contribution in [3.8, 4) is 11.5 Å². The molecule has 0 atom stereocenters. The summed E-state index contributed by atoms with van der Waals surface area (Å²) in [6, 6.07) is 12.8. The quantitative estimate of drug-likeness (QED) is 0.525. The van der Waals surface area contributed by atoms with Crippen molar-refractivity contribution in [2.75, 3.05) is 6.61 Å². The number of aryl methyl sites for hydroxylation is 4. The summed E-state index contributed by atoms with van der Waals surface area (Å²) in [7, 11) is 0. The van der Waals surface area contributed by atoms with Gasteiger partial charge in [-0.2, -0.15) is 0 Å². The van der Waals surface area contributed by atoms with Gasteiger partial charge in [0.1, 0.15) is 23.9 Å². The number of hydrogen-bond acceptors (Lipinski definition) is 6. The predicted molar refractivity (Wildman–Crippen MR) is 118 cm³/mol. The van der Waals surface area contributed by atoms with E-state index in [9.17, 15) is 9.59 Å². The summed E-state index contributed by atoms with van der Waals surface area (Å²) in [5, 5.41) is 3.90. The van der Waals surface area contributed by atoms with Crippen molar-refractivity contribution in [2.24, 2.45) is 0 Å². The second-order valence-electron chi connectivity index (χ2n) is 7.54. The van der Waals surface area contributed by atoms with Gasteiger partial charge in [0.15, 0.2) is 6.61 Å². The molecule has 0 saturated carbocycles. The molecule has 0 bridgehead atoms. The van der Waals surface area contributed by atoms with E-state index in [1.54, 1.807) is 30.3 Å². The lowest BCUT2D eigenvalue weighted by Crippen LogP contribution is -2.44. The highest BCUT2D eigenvalue weighted by Gasteiger charge is 2.10. The lowest BCUT2D eigenvalue weighted by atomic mass is 10.1. The van der Waals surface area contributed by atoms with Gasteiger partial charge >= 0.3 is 0 Å². The van der Waals surface area contributed by atoms with E-state index >= 15 is 0 Å². The molecule has 0 fully saturated rings. The highest BCUT2D eigenvalue weighted by Crippen LogP contribution is 2.18. The minimum atomic E-state index is -0.445. The van der Waals surface area contributed by atoms with E-state index in [-0.39, 0.29) is 18.9 Å². The SMILES string of the molecule is Cc1ccc(OCC(=O)NNC(=O)Cc2ccc(OCc3c(C)noc3C)cc2)cc1C. The van der Waals surface area contributed by atoms with Crippen molar-refractivity contribution in [3.05, 3.63) is 76.2 Å². The molecular formula is C24H27N3O5. The van der Waals surface area contributed by atoms with Gasteiger partial charge in [-0.25, -0.2) is 0 Å². The number of amides is 2. The van der Waals surface area contributed by atoms with Crippen molar-refractivity contribution in [1.29, 1.82) is 0 Å². The molecule has 0 saturated heterocycles. The first-order valence-electron chi connectivity index (χ1n) is 10.2. The minimum absolute atomic E-state index is 0.114.